The molecule has 0 fully saturated rings. The number of carboxylic acid groups (broad SMARTS) is 2. The van der Waals surface area contributed by atoms with E-state index >= 15 is 0 Å². The SMILES string of the molecule is CC(O)C(=O)O.CCC(=O)O.c1c[nH]cn1. The number of aromatic amines is 1. The molecule has 7 nitrogen and oxygen atoms in total. The van der Waals surface area contributed by atoms with Gasteiger partial charge in [-0.2, -0.15) is 0 Å². The number of rotatable bonds is 2. The summed E-state index contributed by atoms with van der Waals surface area (Å²) in [4.78, 5) is 25.2. The molecule has 0 aliphatic rings. The summed E-state index contributed by atoms with van der Waals surface area (Å²) in [5.74, 6) is -1.93. The number of hydrogen-bond donors (Lipinski definition) is 4. The van der Waals surface area contributed by atoms with E-state index in [1.807, 2.05) is 0 Å². The summed E-state index contributed by atoms with van der Waals surface area (Å²) in [5.41, 5.74) is 0. The molecule has 0 aromatic carbocycles. The zero-order valence-electron chi connectivity index (χ0n) is 9.12. The molecule has 0 aliphatic carbocycles. The maximum atomic E-state index is 9.45. The Morgan fingerprint density at radius 3 is 1.94 bits per heavy atom. The van der Waals surface area contributed by atoms with Gasteiger partial charge in [0.05, 0.1) is 6.33 Å². The van der Waals surface area contributed by atoms with Crippen molar-refractivity contribution < 1.29 is 24.9 Å². The van der Waals surface area contributed by atoms with Crippen molar-refractivity contribution in [3.8, 4) is 0 Å². The van der Waals surface area contributed by atoms with Gasteiger partial charge in [-0.3, -0.25) is 4.79 Å². The molecule has 0 saturated carbocycles. The first-order valence-electron chi connectivity index (χ1n) is 4.47. The fourth-order valence-corrected chi connectivity index (χ4v) is 0.215. The van der Waals surface area contributed by atoms with Crippen LogP contribution in [0, 0.1) is 0 Å². The van der Waals surface area contributed by atoms with Gasteiger partial charge in [-0.25, -0.2) is 9.78 Å². The summed E-state index contributed by atoms with van der Waals surface area (Å²) in [7, 11) is 0. The molecule has 92 valence electrons. The van der Waals surface area contributed by atoms with Crippen LogP contribution in [0.3, 0.4) is 0 Å². The molecule has 16 heavy (non-hydrogen) atoms. The number of carboxylic acids is 2. The highest BCUT2D eigenvalue weighted by Gasteiger charge is 2.01. The van der Waals surface area contributed by atoms with Crippen molar-refractivity contribution in [2.24, 2.45) is 0 Å². The Hall–Kier alpha value is -1.89. The lowest BCUT2D eigenvalue weighted by Crippen LogP contribution is -2.13. The van der Waals surface area contributed by atoms with Crippen LogP contribution in [0.1, 0.15) is 20.3 Å². The van der Waals surface area contributed by atoms with Gasteiger partial charge >= 0.3 is 11.9 Å². The predicted octanol–water partition coefficient (Wildman–Crippen LogP) is 0.342. The van der Waals surface area contributed by atoms with Crippen LogP contribution in [-0.2, 0) is 9.59 Å². The molecule has 0 spiro atoms. The minimum atomic E-state index is -1.23. The van der Waals surface area contributed by atoms with Crippen molar-refractivity contribution in [1.29, 1.82) is 0 Å². The summed E-state index contributed by atoms with van der Waals surface area (Å²) in [5, 5.41) is 23.5. The molecule has 0 saturated heterocycles. The average molecular weight is 232 g/mol. The summed E-state index contributed by atoms with van der Waals surface area (Å²) < 4.78 is 0. The van der Waals surface area contributed by atoms with Gasteiger partial charge in [0.2, 0.25) is 0 Å². The summed E-state index contributed by atoms with van der Waals surface area (Å²) >= 11 is 0. The lowest BCUT2D eigenvalue weighted by atomic mass is 10.4. The molecule has 0 bridgehead atoms. The van der Waals surface area contributed by atoms with Gasteiger partial charge in [0, 0.05) is 18.8 Å². The average Bonchev–Trinajstić information content (AvgIpc) is 2.76. The van der Waals surface area contributed by atoms with Gasteiger partial charge in [0.1, 0.15) is 6.10 Å². The molecule has 1 heterocycles. The third-order valence-electron chi connectivity index (χ3n) is 1.07. The van der Waals surface area contributed by atoms with Crippen molar-refractivity contribution in [3.05, 3.63) is 18.7 Å². The topological polar surface area (TPSA) is 124 Å². The molecular weight excluding hydrogens is 216 g/mol. The minimum Gasteiger partial charge on any atom is -0.481 e. The number of hydrogen-bond acceptors (Lipinski definition) is 4. The maximum Gasteiger partial charge on any atom is 0.332 e. The van der Waals surface area contributed by atoms with Crippen molar-refractivity contribution in [2.45, 2.75) is 26.4 Å². The summed E-state index contributed by atoms with van der Waals surface area (Å²) in [6.45, 7) is 2.80. The quantitative estimate of drug-likeness (QED) is 0.583. The molecule has 0 amide bonds. The number of nitrogens with one attached hydrogen (secondary N) is 1. The molecule has 1 aromatic heterocycles. The summed E-state index contributed by atoms with van der Waals surface area (Å²) in [6, 6.07) is 0. The van der Waals surface area contributed by atoms with E-state index in [1.165, 1.54) is 6.92 Å². The van der Waals surface area contributed by atoms with E-state index in [0.717, 1.165) is 0 Å². The van der Waals surface area contributed by atoms with E-state index in [0.29, 0.717) is 0 Å². The van der Waals surface area contributed by atoms with E-state index in [-0.39, 0.29) is 6.42 Å². The van der Waals surface area contributed by atoms with Crippen molar-refractivity contribution in [2.75, 3.05) is 0 Å². The molecule has 4 N–H and O–H groups in total. The van der Waals surface area contributed by atoms with E-state index in [4.69, 9.17) is 15.3 Å². The van der Waals surface area contributed by atoms with Crippen LogP contribution < -0.4 is 0 Å². The first kappa shape index (κ1) is 16.5. The monoisotopic (exact) mass is 232 g/mol. The number of aromatic nitrogens is 2. The standard InChI is InChI=1S/C3H4N2.C3H6O3.C3H6O2/c1-2-5-3-4-1;1-2(4)3(5)6;1-2-3(4)5/h1-3H,(H,4,5);2,4H,1H3,(H,5,6);2H2,1H3,(H,4,5). The lowest BCUT2D eigenvalue weighted by molar-refractivity contribution is -0.145. The molecule has 0 aliphatic heterocycles. The van der Waals surface area contributed by atoms with E-state index in [1.54, 1.807) is 25.6 Å². The third-order valence-corrected chi connectivity index (χ3v) is 1.07. The van der Waals surface area contributed by atoms with Crippen molar-refractivity contribution >= 4 is 11.9 Å². The van der Waals surface area contributed by atoms with Crippen LogP contribution in [0.4, 0.5) is 0 Å². The van der Waals surface area contributed by atoms with Gasteiger partial charge in [0.25, 0.3) is 0 Å². The van der Waals surface area contributed by atoms with Crippen LogP contribution in [-0.4, -0.2) is 43.3 Å². The Labute approximate surface area is 92.8 Å². The molecule has 1 unspecified atom stereocenters. The minimum absolute atomic E-state index is 0.222. The van der Waals surface area contributed by atoms with Crippen LogP contribution in [0.5, 0.6) is 0 Å². The highest BCUT2D eigenvalue weighted by atomic mass is 16.4. The van der Waals surface area contributed by atoms with E-state index < -0.39 is 18.0 Å². The van der Waals surface area contributed by atoms with Gasteiger partial charge in [0.15, 0.2) is 0 Å². The number of aliphatic carboxylic acids is 2. The Bertz CT molecular complexity index is 254. The first-order chi connectivity index (χ1) is 7.41. The second kappa shape index (κ2) is 11.2. The number of nitrogens with zero attached hydrogens (tertiary/aromatic N) is 1. The van der Waals surface area contributed by atoms with E-state index in [9.17, 15) is 9.59 Å². The number of imidazole rings is 1. The van der Waals surface area contributed by atoms with Crippen molar-refractivity contribution in [1.82, 2.24) is 9.97 Å². The zero-order valence-corrected chi connectivity index (χ0v) is 9.12. The molecule has 1 rings (SSSR count). The molecule has 7 heteroatoms. The van der Waals surface area contributed by atoms with E-state index in [2.05, 4.69) is 9.97 Å². The largest absolute Gasteiger partial charge is 0.481 e. The normalized spacial score (nSPS) is 9.94. The van der Waals surface area contributed by atoms with Gasteiger partial charge < -0.3 is 20.3 Å². The third kappa shape index (κ3) is 18.0. The van der Waals surface area contributed by atoms with Crippen LogP contribution in [0.25, 0.3) is 0 Å². The Kier molecular flexibility index (Phi) is 11.6. The second-order valence-corrected chi connectivity index (χ2v) is 2.52. The Balaban J connectivity index is 0. The highest BCUT2D eigenvalue weighted by molar-refractivity contribution is 5.71. The maximum absolute atomic E-state index is 9.45. The van der Waals surface area contributed by atoms with Gasteiger partial charge in [-0.05, 0) is 6.92 Å². The van der Waals surface area contributed by atoms with Crippen molar-refractivity contribution in [3.63, 3.8) is 0 Å². The fourth-order valence-electron chi connectivity index (χ4n) is 0.215. The number of H-pyrrole nitrogens is 1. The van der Waals surface area contributed by atoms with Crippen LogP contribution in [0.15, 0.2) is 18.7 Å². The molecule has 1 aromatic rings. The number of carbonyl (C=O) groups is 2. The first-order valence-corrected chi connectivity index (χ1v) is 4.47. The Morgan fingerprint density at radius 1 is 1.44 bits per heavy atom. The van der Waals surface area contributed by atoms with Gasteiger partial charge in [-0.1, -0.05) is 6.92 Å². The molecular formula is C9H16N2O5. The highest BCUT2D eigenvalue weighted by Crippen LogP contribution is 1.73. The smallest absolute Gasteiger partial charge is 0.332 e. The predicted molar refractivity (Wildman–Crippen MR) is 55.8 cm³/mol. The number of aliphatic hydroxyl groups is 1. The molecule has 1 atom stereocenters. The second-order valence-electron chi connectivity index (χ2n) is 2.52. The fraction of sp³-hybridized carbons (Fsp3) is 0.444. The van der Waals surface area contributed by atoms with Crippen LogP contribution >= 0.6 is 0 Å². The Morgan fingerprint density at radius 2 is 1.88 bits per heavy atom. The van der Waals surface area contributed by atoms with Crippen LogP contribution in [0.2, 0.25) is 0 Å². The number of aliphatic hydroxyl groups excluding tert-OH is 1. The molecule has 0 radical (unpaired) electrons. The zero-order chi connectivity index (χ0) is 13.0. The summed E-state index contributed by atoms with van der Waals surface area (Å²) in [6.07, 6.45) is 4.07. The lowest BCUT2D eigenvalue weighted by Gasteiger charge is -1.89. The van der Waals surface area contributed by atoms with Gasteiger partial charge in [-0.15, -0.1) is 0 Å².